The fourth-order valence-electron chi connectivity index (χ4n) is 4.19. The Kier molecular flexibility index (Phi) is 8.20. The van der Waals surface area contributed by atoms with E-state index in [9.17, 15) is 0 Å². The molecule has 1 unspecified atom stereocenters. The van der Waals surface area contributed by atoms with E-state index < -0.39 is 0 Å². The number of hydrogen-bond donors (Lipinski definition) is 1. The smallest absolute Gasteiger partial charge is 0.131 e. The molecule has 0 saturated carbocycles. The number of fused-ring (bicyclic) bond motifs is 1. The molecule has 1 aliphatic carbocycles. The molecule has 5 nitrogen and oxygen atoms in total. The number of nitriles is 1. The number of hydrogen-bond acceptors (Lipinski definition) is 4. The van der Waals surface area contributed by atoms with Gasteiger partial charge in [0.1, 0.15) is 11.7 Å². The van der Waals surface area contributed by atoms with Crippen LogP contribution in [-0.2, 0) is 6.54 Å². The molecule has 0 fully saturated rings. The first kappa shape index (κ1) is 23.0. The van der Waals surface area contributed by atoms with Crippen LogP contribution >= 0.6 is 0 Å². The molecule has 1 aromatic carbocycles. The normalized spacial score (nSPS) is 21.3. The van der Waals surface area contributed by atoms with Gasteiger partial charge in [-0.2, -0.15) is 5.26 Å². The summed E-state index contributed by atoms with van der Waals surface area (Å²) in [7, 11) is 2.09. The molecule has 0 spiro atoms. The zero-order chi connectivity index (χ0) is 22.1. The molecule has 31 heavy (non-hydrogen) atoms. The van der Waals surface area contributed by atoms with Gasteiger partial charge in [0, 0.05) is 18.7 Å². The molecule has 1 heterocycles. The Balaban J connectivity index is 1.68. The number of benzene rings is 1. The third-order valence-corrected chi connectivity index (χ3v) is 5.85. The standard InChI is InChI=1S/C26H35N5/c1-4-5-6-7-10-16-28-25-23-14-8-9-15-26(23,2)30-24(29-25)20-31(3)19-22-13-11-12-21(17-22)18-27/h8-9,11-14,17H,4-7,10,15-16,19-20H2,1-3H3,(H,28,29,30). The van der Waals surface area contributed by atoms with Crippen molar-refractivity contribution in [2.75, 3.05) is 20.1 Å². The summed E-state index contributed by atoms with van der Waals surface area (Å²) >= 11 is 0. The molecule has 1 atom stereocenters. The molecule has 0 amide bonds. The predicted octanol–water partition coefficient (Wildman–Crippen LogP) is 5.01. The van der Waals surface area contributed by atoms with Crippen LogP contribution in [0, 0.1) is 11.3 Å². The summed E-state index contributed by atoms with van der Waals surface area (Å²) in [5, 5.41) is 12.7. The Labute approximate surface area is 187 Å². The molecule has 5 heteroatoms. The molecule has 0 radical (unpaired) electrons. The minimum atomic E-state index is -0.252. The van der Waals surface area contributed by atoms with Gasteiger partial charge in [-0.1, -0.05) is 63.0 Å². The largest absolute Gasteiger partial charge is 0.328 e. The summed E-state index contributed by atoms with van der Waals surface area (Å²) in [6.07, 6.45) is 13.6. The summed E-state index contributed by atoms with van der Waals surface area (Å²) in [4.78, 5) is 12.2. The van der Waals surface area contributed by atoms with E-state index in [1.165, 1.54) is 31.3 Å². The summed E-state index contributed by atoms with van der Waals surface area (Å²) in [5.74, 6) is 1.94. The highest BCUT2D eigenvalue weighted by molar-refractivity contribution is 6.13. The molecular weight excluding hydrogens is 382 g/mol. The lowest BCUT2D eigenvalue weighted by Crippen LogP contribution is -2.50. The number of nitrogens with one attached hydrogen (secondary N) is 1. The SMILES string of the molecule is CCCCCCCN=C1NC(CN(C)Cc2cccc(C#N)c2)=NC2(C)CC=CC=C12. The monoisotopic (exact) mass is 417 g/mol. The molecule has 0 bridgehead atoms. The van der Waals surface area contributed by atoms with Crippen LogP contribution in [0.5, 0.6) is 0 Å². The minimum absolute atomic E-state index is 0.252. The number of likely N-dealkylation sites (N-methyl/N-ethyl adjacent to an activating group) is 1. The predicted molar refractivity (Wildman–Crippen MR) is 129 cm³/mol. The van der Waals surface area contributed by atoms with Crippen LogP contribution < -0.4 is 5.32 Å². The zero-order valence-corrected chi connectivity index (χ0v) is 19.2. The van der Waals surface area contributed by atoms with E-state index in [-0.39, 0.29) is 5.54 Å². The number of amidine groups is 2. The topological polar surface area (TPSA) is 63.8 Å². The fourth-order valence-corrected chi connectivity index (χ4v) is 4.19. The van der Waals surface area contributed by atoms with Crippen molar-refractivity contribution in [2.24, 2.45) is 9.98 Å². The van der Waals surface area contributed by atoms with E-state index in [4.69, 9.17) is 15.2 Å². The lowest BCUT2D eigenvalue weighted by molar-refractivity contribution is 0.369. The maximum Gasteiger partial charge on any atom is 0.131 e. The van der Waals surface area contributed by atoms with E-state index in [1.807, 2.05) is 18.2 Å². The minimum Gasteiger partial charge on any atom is -0.328 e. The lowest BCUT2D eigenvalue weighted by Gasteiger charge is -2.36. The maximum absolute atomic E-state index is 9.14. The van der Waals surface area contributed by atoms with E-state index in [0.717, 1.165) is 43.2 Å². The van der Waals surface area contributed by atoms with Gasteiger partial charge in [0.15, 0.2) is 0 Å². The number of rotatable bonds is 10. The van der Waals surface area contributed by atoms with Gasteiger partial charge in [0.2, 0.25) is 0 Å². The van der Waals surface area contributed by atoms with Crippen molar-refractivity contribution in [3.63, 3.8) is 0 Å². The summed E-state index contributed by atoms with van der Waals surface area (Å²) in [6, 6.07) is 10.0. The highest BCUT2D eigenvalue weighted by atomic mass is 15.2. The molecule has 0 saturated heterocycles. The maximum atomic E-state index is 9.14. The van der Waals surface area contributed by atoms with Gasteiger partial charge in [-0.3, -0.25) is 14.9 Å². The van der Waals surface area contributed by atoms with Gasteiger partial charge < -0.3 is 5.32 Å². The van der Waals surface area contributed by atoms with Gasteiger partial charge in [0.25, 0.3) is 0 Å². The second-order valence-corrected chi connectivity index (χ2v) is 8.80. The van der Waals surface area contributed by atoms with Crippen molar-refractivity contribution in [1.29, 1.82) is 5.26 Å². The molecule has 3 rings (SSSR count). The first-order chi connectivity index (χ1) is 15.0. The van der Waals surface area contributed by atoms with Gasteiger partial charge in [-0.15, -0.1) is 0 Å². The number of unbranched alkanes of at least 4 members (excludes halogenated alkanes) is 4. The van der Waals surface area contributed by atoms with Crippen molar-refractivity contribution in [3.05, 3.63) is 59.2 Å². The van der Waals surface area contributed by atoms with E-state index in [2.05, 4.69) is 61.5 Å². The average Bonchev–Trinajstić information content (AvgIpc) is 2.75. The van der Waals surface area contributed by atoms with Crippen LogP contribution in [0.1, 0.15) is 63.5 Å². The highest BCUT2D eigenvalue weighted by Gasteiger charge is 2.36. The van der Waals surface area contributed by atoms with Gasteiger partial charge in [0.05, 0.1) is 23.7 Å². The number of aliphatic imine (C=N–C) groups is 2. The molecule has 2 aliphatic rings. The summed E-state index contributed by atoms with van der Waals surface area (Å²) in [5.41, 5.74) is 2.77. The molecule has 1 aliphatic heterocycles. The molecule has 0 aromatic heterocycles. The number of nitrogens with zero attached hydrogens (tertiary/aromatic N) is 4. The molecule has 164 valence electrons. The Morgan fingerprint density at radius 2 is 2.06 bits per heavy atom. The Hall–Kier alpha value is -2.71. The van der Waals surface area contributed by atoms with E-state index in [1.54, 1.807) is 0 Å². The highest BCUT2D eigenvalue weighted by Crippen LogP contribution is 2.32. The molecule has 1 aromatic rings. The first-order valence-corrected chi connectivity index (χ1v) is 11.5. The second-order valence-electron chi connectivity index (χ2n) is 8.80. The zero-order valence-electron chi connectivity index (χ0n) is 19.2. The van der Waals surface area contributed by atoms with Crippen molar-refractivity contribution in [2.45, 2.75) is 64.5 Å². The third-order valence-electron chi connectivity index (χ3n) is 5.85. The summed E-state index contributed by atoms with van der Waals surface area (Å²) in [6.45, 7) is 6.77. The quantitative estimate of drug-likeness (QED) is 0.545. The van der Waals surface area contributed by atoms with Crippen molar-refractivity contribution in [1.82, 2.24) is 10.2 Å². The van der Waals surface area contributed by atoms with E-state index in [0.29, 0.717) is 12.1 Å². The van der Waals surface area contributed by atoms with Crippen molar-refractivity contribution < 1.29 is 0 Å². The van der Waals surface area contributed by atoms with Crippen LogP contribution in [0.3, 0.4) is 0 Å². The average molecular weight is 418 g/mol. The Morgan fingerprint density at radius 3 is 2.87 bits per heavy atom. The van der Waals surface area contributed by atoms with Crippen LogP contribution in [0.25, 0.3) is 0 Å². The van der Waals surface area contributed by atoms with Gasteiger partial charge in [-0.25, -0.2) is 0 Å². The van der Waals surface area contributed by atoms with Crippen LogP contribution in [0.4, 0.5) is 0 Å². The van der Waals surface area contributed by atoms with Crippen molar-refractivity contribution >= 4 is 11.7 Å². The summed E-state index contributed by atoms with van der Waals surface area (Å²) < 4.78 is 0. The van der Waals surface area contributed by atoms with Crippen LogP contribution in [-0.4, -0.2) is 42.2 Å². The van der Waals surface area contributed by atoms with E-state index >= 15 is 0 Å². The Morgan fingerprint density at radius 1 is 1.23 bits per heavy atom. The molecule has 1 N–H and O–H groups in total. The second kappa shape index (κ2) is 11.1. The fraction of sp³-hybridized carbons (Fsp3) is 0.500. The number of allylic oxidation sites excluding steroid dienone is 2. The van der Waals surface area contributed by atoms with Crippen LogP contribution in [0.15, 0.2) is 58.1 Å². The lowest BCUT2D eigenvalue weighted by atomic mass is 9.83. The third kappa shape index (κ3) is 6.38. The molecular formula is C26H35N5. The van der Waals surface area contributed by atoms with Crippen molar-refractivity contribution in [3.8, 4) is 6.07 Å². The Bertz CT molecular complexity index is 918. The first-order valence-electron chi connectivity index (χ1n) is 11.5. The van der Waals surface area contributed by atoms with Gasteiger partial charge >= 0.3 is 0 Å². The van der Waals surface area contributed by atoms with Gasteiger partial charge in [-0.05, 0) is 44.5 Å². The van der Waals surface area contributed by atoms with Crippen LogP contribution in [0.2, 0.25) is 0 Å².